The van der Waals surface area contributed by atoms with Crippen LogP contribution in [0, 0.1) is 0 Å². The third kappa shape index (κ3) is 4.72. The van der Waals surface area contributed by atoms with Gasteiger partial charge in [-0.3, -0.25) is 4.79 Å². The zero-order valence-corrected chi connectivity index (χ0v) is 19.4. The Kier molecular flexibility index (Phi) is 6.17. The maximum atomic E-state index is 13.5. The van der Waals surface area contributed by atoms with E-state index in [9.17, 15) is 4.79 Å². The van der Waals surface area contributed by atoms with E-state index in [2.05, 4.69) is 20.7 Å². The third-order valence-corrected chi connectivity index (χ3v) is 5.81. The summed E-state index contributed by atoms with van der Waals surface area (Å²) in [5.74, 6) is 1.76. The maximum absolute atomic E-state index is 13.5. The zero-order valence-electron chi connectivity index (χ0n) is 19.4. The number of anilines is 2. The number of aromatic nitrogens is 3. The number of hydrogen-bond donors (Lipinski definition) is 2. The van der Waals surface area contributed by atoms with Crippen LogP contribution in [0.2, 0.25) is 0 Å². The predicted molar refractivity (Wildman–Crippen MR) is 133 cm³/mol. The molecule has 0 fully saturated rings. The Bertz CT molecular complexity index is 1360. The van der Waals surface area contributed by atoms with Crippen molar-refractivity contribution >= 4 is 17.5 Å². The van der Waals surface area contributed by atoms with Crippen LogP contribution in [0.5, 0.6) is 11.5 Å². The van der Waals surface area contributed by atoms with E-state index in [-0.39, 0.29) is 5.91 Å². The summed E-state index contributed by atoms with van der Waals surface area (Å²) < 4.78 is 13.0. The zero-order chi connectivity index (χ0) is 24.2. The predicted octanol–water partition coefficient (Wildman–Crippen LogP) is 4.79. The molecule has 0 spiro atoms. The van der Waals surface area contributed by atoms with Crippen LogP contribution < -0.4 is 20.1 Å². The van der Waals surface area contributed by atoms with Crippen molar-refractivity contribution in [3.63, 3.8) is 0 Å². The second kappa shape index (κ2) is 9.72. The molecule has 0 unspecified atom stereocenters. The van der Waals surface area contributed by atoms with Gasteiger partial charge in [0, 0.05) is 11.4 Å². The lowest BCUT2D eigenvalue weighted by atomic mass is 9.95. The Balaban J connectivity index is 1.45. The number of carbonyl (C=O) groups excluding carboxylic acids is 1. The molecule has 2 N–H and O–H groups in total. The Labute approximate surface area is 203 Å². The standard InChI is InChI=1S/C27H25N5O3/c1-18-24(26(33)31-21-11-13-22(34-2)14-12-21)25(32-27(30-18)28-17-29-32)20-9-6-10-23(15-20)35-16-19-7-4-3-5-8-19/h3-15,17,25H,16H2,1-2H3,(H,31,33)(H,28,29,30)/t25-/m0/s1. The Morgan fingerprint density at radius 3 is 2.60 bits per heavy atom. The molecule has 1 atom stereocenters. The van der Waals surface area contributed by atoms with Crippen molar-refractivity contribution in [2.45, 2.75) is 19.6 Å². The minimum absolute atomic E-state index is 0.234. The van der Waals surface area contributed by atoms with E-state index in [0.29, 0.717) is 35.3 Å². The molecule has 0 saturated carbocycles. The molecule has 1 amide bonds. The van der Waals surface area contributed by atoms with Crippen LogP contribution >= 0.6 is 0 Å². The first-order valence-corrected chi connectivity index (χ1v) is 11.2. The van der Waals surface area contributed by atoms with E-state index < -0.39 is 6.04 Å². The van der Waals surface area contributed by atoms with Crippen LogP contribution in [-0.4, -0.2) is 27.8 Å². The SMILES string of the molecule is COc1ccc(NC(=O)C2=C(C)Nc3ncnn3[C@H]2c2cccc(OCc3ccccc3)c2)cc1. The van der Waals surface area contributed by atoms with Crippen LogP contribution in [-0.2, 0) is 11.4 Å². The number of ether oxygens (including phenoxy) is 2. The monoisotopic (exact) mass is 467 g/mol. The lowest BCUT2D eigenvalue weighted by molar-refractivity contribution is -0.113. The number of fused-ring (bicyclic) bond motifs is 1. The summed E-state index contributed by atoms with van der Waals surface area (Å²) in [5.41, 5.74) is 3.85. The highest BCUT2D eigenvalue weighted by Gasteiger charge is 2.33. The largest absolute Gasteiger partial charge is 0.497 e. The molecule has 1 aliphatic rings. The summed E-state index contributed by atoms with van der Waals surface area (Å²) >= 11 is 0. The molecule has 4 aromatic rings. The van der Waals surface area contributed by atoms with Gasteiger partial charge in [0.25, 0.3) is 5.91 Å². The maximum Gasteiger partial charge on any atom is 0.255 e. The molecule has 2 heterocycles. The highest BCUT2D eigenvalue weighted by Crippen LogP contribution is 2.36. The molecule has 0 saturated heterocycles. The van der Waals surface area contributed by atoms with Gasteiger partial charge in [0.05, 0.1) is 12.7 Å². The van der Waals surface area contributed by atoms with Crippen molar-refractivity contribution < 1.29 is 14.3 Å². The number of carbonyl (C=O) groups is 1. The van der Waals surface area contributed by atoms with E-state index in [1.165, 1.54) is 6.33 Å². The molecular weight excluding hydrogens is 442 g/mol. The van der Waals surface area contributed by atoms with Gasteiger partial charge in [-0.25, -0.2) is 4.68 Å². The molecule has 0 radical (unpaired) electrons. The molecule has 35 heavy (non-hydrogen) atoms. The summed E-state index contributed by atoms with van der Waals surface area (Å²) in [7, 11) is 1.60. The van der Waals surface area contributed by atoms with Crippen LogP contribution in [0.25, 0.3) is 0 Å². The number of benzene rings is 3. The van der Waals surface area contributed by atoms with E-state index in [1.54, 1.807) is 36.1 Å². The molecule has 8 nitrogen and oxygen atoms in total. The fraction of sp³-hybridized carbons (Fsp3) is 0.148. The van der Waals surface area contributed by atoms with Gasteiger partial charge in [-0.05, 0) is 54.4 Å². The number of rotatable bonds is 7. The third-order valence-electron chi connectivity index (χ3n) is 5.81. The highest BCUT2D eigenvalue weighted by molar-refractivity contribution is 6.06. The van der Waals surface area contributed by atoms with Gasteiger partial charge in [0.2, 0.25) is 5.95 Å². The average molecular weight is 468 g/mol. The topological polar surface area (TPSA) is 90.3 Å². The fourth-order valence-electron chi connectivity index (χ4n) is 4.08. The first-order chi connectivity index (χ1) is 17.1. The first-order valence-electron chi connectivity index (χ1n) is 11.2. The van der Waals surface area contributed by atoms with Gasteiger partial charge >= 0.3 is 0 Å². The Morgan fingerprint density at radius 1 is 1.03 bits per heavy atom. The molecule has 176 valence electrons. The summed E-state index contributed by atoms with van der Waals surface area (Å²) in [4.78, 5) is 17.8. The molecule has 1 aliphatic heterocycles. The lowest BCUT2D eigenvalue weighted by Crippen LogP contribution is -2.31. The van der Waals surface area contributed by atoms with Crippen LogP contribution in [0.3, 0.4) is 0 Å². The summed E-state index contributed by atoms with van der Waals surface area (Å²) in [6.07, 6.45) is 1.47. The molecular formula is C27H25N5O3. The van der Waals surface area contributed by atoms with E-state index in [1.807, 2.05) is 61.5 Å². The van der Waals surface area contributed by atoms with Crippen LogP contribution in [0.1, 0.15) is 24.1 Å². The number of nitrogens with zero attached hydrogens (tertiary/aromatic N) is 3. The number of amides is 1. The number of hydrogen-bond acceptors (Lipinski definition) is 6. The van der Waals surface area contributed by atoms with Crippen molar-refractivity contribution in [2.75, 3.05) is 17.7 Å². The smallest absolute Gasteiger partial charge is 0.255 e. The highest BCUT2D eigenvalue weighted by atomic mass is 16.5. The molecule has 8 heteroatoms. The molecule has 5 rings (SSSR count). The van der Waals surface area contributed by atoms with Gasteiger partial charge in [-0.1, -0.05) is 42.5 Å². The molecule has 1 aromatic heterocycles. The van der Waals surface area contributed by atoms with Crippen molar-refractivity contribution in [3.8, 4) is 11.5 Å². The quantitative estimate of drug-likeness (QED) is 0.406. The van der Waals surface area contributed by atoms with Gasteiger partial charge in [-0.2, -0.15) is 10.1 Å². The minimum atomic E-state index is -0.479. The van der Waals surface area contributed by atoms with Gasteiger partial charge < -0.3 is 20.1 Å². The summed E-state index contributed by atoms with van der Waals surface area (Å²) in [6, 6.07) is 24.4. The molecule has 0 bridgehead atoms. The molecule has 3 aromatic carbocycles. The number of nitrogens with one attached hydrogen (secondary N) is 2. The van der Waals surface area contributed by atoms with E-state index in [4.69, 9.17) is 9.47 Å². The normalized spacial score (nSPS) is 14.6. The number of methoxy groups -OCH3 is 1. The lowest BCUT2D eigenvalue weighted by Gasteiger charge is -2.29. The van der Waals surface area contributed by atoms with Crippen LogP contribution in [0.4, 0.5) is 11.6 Å². The van der Waals surface area contributed by atoms with Crippen molar-refractivity contribution in [1.29, 1.82) is 0 Å². The van der Waals surface area contributed by atoms with E-state index in [0.717, 1.165) is 16.9 Å². The minimum Gasteiger partial charge on any atom is -0.497 e. The van der Waals surface area contributed by atoms with Gasteiger partial charge in [0.1, 0.15) is 30.5 Å². The van der Waals surface area contributed by atoms with Crippen molar-refractivity contribution in [2.24, 2.45) is 0 Å². The van der Waals surface area contributed by atoms with Gasteiger partial charge in [-0.15, -0.1) is 0 Å². The van der Waals surface area contributed by atoms with Gasteiger partial charge in [0.15, 0.2) is 0 Å². The second-order valence-corrected chi connectivity index (χ2v) is 8.12. The van der Waals surface area contributed by atoms with E-state index >= 15 is 0 Å². The average Bonchev–Trinajstić information content (AvgIpc) is 3.36. The van der Waals surface area contributed by atoms with Crippen LogP contribution in [0.15, 0.2) is 96.5 Å². The summed E-state index contributed by atoms with van der Waals surface area (Å²) in [6.45, 7) is 2.31. The van der Waals surface area contributed by atoms with Crippen molar-refractivity contribution in [1.82, 2.24) is 14.8 Å². The Morgan fingerprint density at radius 2 is 1.83 bits per heavy atom. The van der Waals surface area contributed by atoms with Crippen molar-refractivity contribution in [3.05, 3.63) is 108 Å². The first kappa shape index (κ1) is 22.2. The molecule has 0 aliphatic carbocycles. The summed E-state index contributed by atoms with van der Waals surface area (Å²) in [5, 5.41) is 10.6. The number of allylic oxidation sites excluding steroid dienone is 1. The second-order valence-electron chi connectivity index (χ2n) is 8.12. The fourth-order valence-corrected chi connectivity index (χ4v) is 4.08. The Hall–Kier alpha value is -4.59.